The van der Waals surface area contributed by atoms with Crippen LogP contribution in [0.15, 0.2) is 0 Å². The third-order valence-corrected chi connectivity index (χ3v) is 14.0. The molecule has 0 spiro atoms. The fourth-order valence-corrected chi connectivity index (χ4v) is 12.1. The van der Waals surface area contributed by atoms with Crippen LogP contribution in [0.2, 0.25) is 22.7 Å². The van der Waals surface area contributed by atoms with Crippen molar-refractivity contribution in [1.29, 1.82) is 0 Å². The molecule has 0 aliphatic heterocycles. The van der Waals surface area contributed by atoms with E-state index in [2.05, 4.69) is 41.5 Å². The highest BCUT2D eigenvalue weighted by Crippen LogP contribution is 2.42. The van der Waals surface area contributed by atoms with Crippen molar-refractivity contribution < 1.29 is 17.7 Å². The molecule has 0 N–H and O–H groups in total. The molecular weight excluding hydrogens is 336 g/mol. The third-order valence-electron chi connectivity index (χ3n) is 4.78. The Hall–Kier alpha value is 0.274. The van der Waals surface area contributed by atoms with Gasteiger partial charge in [0.05, 0.1) is 0 Å². The molecule has 0 atom stereocenters. The van der Waals surface area contributed by atoms with Gasteiger partial charge in [-0.05, 0) is 43.8 Å². The van der Waals surface area contributed by atoms with Crippen LogP contribution in [0.3, 0.4) is 0 Å². The first kappa shape index (κ1) is 24.3. The van der Waals surface area contributed by atoms with E-state index < -0.39 is 17.1 Å². The first-order chi connectivity index (χ1) is 11.2. The maximum atomic E-state index is 6.64. The summed E-state index contributed by atoms with van der Waals surface area (Å²) in [5, 5.41) is 0. The number of rotatable bonds is 14. The summed E-state index contributed by atoms with van der Waals surface area (Å²) in [7, 11) is -4.32. The first-order valence-electron chi connectivity index (χ1n) is 9.78. The lowest BCUT2D eigenvalue weighted by Crippen LogP contribution is -2.49. The maximum Gasteiger partial charge on any atom is 0.501 e. The van der Waals surface area contributed by atoms with Gasteiger partial charge in [-0.1, -0.05) is 41.5 Å². The topological polar surface area (TPSA) is 36.9 Å². The van der Waals surface area contributed by atoms with Crippen molar-refractivity contribution in [2.75, 3.05) is 26.4 Å². The molecule has 0 saturated carbocycles. The van der Waals surface area contributed by atoms with E-state index in [4.69, 9.17) is 17.7 Å². The van der Waals surface area contributed by atoms with Crippen molar-refractivity contribution in [1.82, 2.24) is 0 Å². The Kier molecular flexibility index (Phi) is 11.9. The van der Waals surface area contributed by atoms with Crippen molar-refractivity contribution in [3.05, 3.63) is 0 Å². The van der Waals surface area contributed by atoms with Crippen LogP contribution < -0.4 is 0 Å². The summed E-state index contributed by atoms with van der Waals surface area (Å²) in [6.07, 6.45) is 0.938. The Morgan fingerprint density at radius 2 is 1.00 bits per heavy atom. The van der Waals surface area contributed by atoms with Crippen molar-refractivity contribution in [2.45, 2.75) is 91.4 Å². The van der Waals surface area contributed by atoms with Crippen LogP contribution in [0.1, 0.15) is 68.7 Å². The quantitative estimate of drug-likeness (QED) is 0.290. The standard InChI is InChI=1S/C18H42O4Si2/c1-10-19-23(20-11-2,21-12-3)15-13-14-22-24(16(4)5,17(6)7)18(8)9/h16-18H,10-15H2,1-9H3. The molecule has 0 saturated heterocycles. The molecule has 0 fully saturated rings. The molecule has 0 aromatic rings. The van der Waals surface area contributed by atoms with E-state index in [1.165, 1.54) is 0 Å². The number of hydrogen-bond acceptors (Lipinski definition) is 4. The van der Waals surface area contributed by atoms with E-state index >= 15 is 0 Å². The molecule has 0 radical (unpaired) electrons. The monoisotopic (exact) mass is 378 g/mol. The molecule has 24 heavy (non-hydrogen) atoms. The summed E-state index contributed by atoms with van der Waals surface area (Å²) >= 11 is 0. The zero-order chi connectivity index (χ0) is 18.8. The Morgan fingerprint density at radius 3 is 1.29 bits per heavy atom. The van der Waals surface area contributed by atoms with E-state index in [0.29, 0.717) is 36.4 Å². The summed E-state index contributed by atoms with van der Waals surface area (Å²) in [4.78, 5) is 0. The second-order valence-corrected chi connectivity index (χ2v) is 15.4. The molecule has 4 nitrogen and oxygen atoms in total. The fraction of sp³-hybridized carbons (Fsp3) is 1.00. The molecule has 0 rings (SSSR count). The van der Waals surface area contributed by atoms with E-state index in [1.807, 2.05) is 20.8 Å². The van der Waals surface area contributed by atoms with Crippen LogP contribution in [-0.2, 0) is 17.7 Å². The smallest absolute Gasteiger partial charge is 0.416 e. The highest BCUT2D eigenvalue weighted by Gasteiger charge is 2.45. The van der Waals surface area contributed by atoms with Gasteiger partial charge >= 0.3 is 8.80 Å². The van der Waals surface area contributed by atoms with Crippen LogP contribution >= 0.6 is 0 Å². The molecule has 6 heteroatoms. The normalized spacial score (nSPS) is 13.5. The molecule has 0 aliphatic rings. The predicted molar refractivity (Wildman–Crippen MR) is 107 cm³/mol. The van der Waals surface area contributed by atoms with Gasteiger partial charge in [0.1, 0.15) is 0 Å². The minimum atomic E-state index is -2.54. The van der Waals surface area contributed by atoms with Gasteiger partial charge in [0.15, 0.2) is 8.32 Å². The van der Waals surface area contributed by atoms with Crippen LogP contribution in [0, 0.1) is 0 Å². The van der Waals surface area contributed by atoms with Crippen molar-refractivity contribution >= 4 is 17.1 Å². The van der Waals surface area contributed by atoms with Gasteiger partial charge in [0.25, 0.3) is 0 Å². The largest absolute Gasteiger partial charge is 0.501 e. The van der Waals surface area contributed by atoms with E-state index in [0.717, 1.165) is 19.1 Å². The Bertz CT molecular complexity index is 283. The minimum absolute atomic E-state index is 0.616. The van der Waals surface area contributed by atoms with Crippen LogP contribution in [0.4, 0.5) is 0 Å². The first-order valence-corrected chi connectivity index (χ1v) is 13.8. The lowest BCUT2D eigenvalue weighted by molar-refractivity contribution is 0.0694. The van der Waals surface area contributed by atoms with Crippen molar-refractivity contribution in [3.8, 4) is 0 Å². The summed E-state index contributed by atoms with van der Waals surface area (Å²) in [6.45, 7) is 22.6. The molecule has 0 aliphatic carbocycles. The molecule has 0 aromatic carbocycles. The summed E-state index contributed by atoms with van der Waals surface area (Å²) in [6, 6.07) is 0.835. The average molecular weight is 379 g/mol. The van der Waals surface area contributed by atoms with Gasteiger partial charge in [-0.25, -0.2) is 0 Å². The van der Waals surface area contributed by atoms with Gasteiger partial charge in [0, 0.05) is 32.5 Å². The molecular formula is C18H42O4Si2. The van der Waals surface area contributed by atoms with Gasteiger partial charge in [0.2, 0.25) is 0 Å². The maximum absolute atomic E-state index is 6.64. The Morgan fingerprint density at radius 1 is 0.625 bits per heavy atom. The lowest BCUT2D eigenvalue weighted by Gasteiger charge is -2.42. The fourth-order valence-electron chi connectivity index (χ4n) is 4.04. The Balaban J connectivity index is 4.85. The van der Waals surface area contributed by atoms with Crippen LogP contribution in [-0.4, -0.2) is 43.5 Å². The SMILES string of the molecule is CCO[Si](CCCO[Si](C(C)C)(C(C)C)C(C)C)(OCC)OCC. The van der Waals surface area contributed by atoms with Crippen LogP contribution in [0.5, 0.6) is 0 Å². The second kappa shape index (κ2) is 11.8. The van der Waals surface area contributed by atoms with Gasteiger partial charge in [-0.15, -0.1) is 0 Å². The van der Waals surface area contributed by atoms with E-state index in [-0.39, 0.29) is 0 Å². The third kappa shape index (κ3) is 6.54. The van der Waals surface area contributed by atoms with Gasteiger partial charge in [-0.3, -0.25) is 0 Å². The average Bonchev–Trinajstić information content (AvgIpc) is 2.47. The molecule has 0 aromatic heterocycles. The van der Waals surface area contributed by atoms with E-state index in [9.17, 15) is 0 Å². The van der Waals surface area contributed by atoms with E-state index in [1.54, 1.807) is 0 Å². The zero-order valence-electron chi connectivity index (χ0n) is 17.6. The Labute approximate surface area is 153 Å². The predicted octanol–water partition coefficient (Wildman–Crippen LogP) is 5.62. The molecule has 0 unspecified atom stereocenters. The summed E-state index contributed by atoms with van der Waals surface area (Å²) in [5.41, 5.74) is 1.85. The van der Waals surface area contributed by atoms with Gasteiger partial charge in [-0.2, -0.15) is 0 Å². The van der Waals surface area contributed by atoms with Crippen molar-refractivity contribution in [2.24, 2.45) is 0 Å². The molecule has 0 amide bonds. The molecule has 0 bridgehead atoms. The summed E-state index contributed by atoms with van der Waals surface area (Å²) < 4.78 is 24.4. The zero-order valence-corrected chi connectivity index (χ0v) is 19.6. The van der Waals surface area contributed by atoms with Gasteiger partial charge < -0.3 is 17.7 Å². The highest BCUT2D eigenvalue weighted by molar-refractivity contribution is 6.77. The van der Waals surface area contributed by atoms with Crippen molar-refractivity contribution in [3.63, 3.8) is 0 Å². The van der Waals surface area contributed by atoms with Crippen LogP contribution in [0.25, 0.3) is 0 Å². The highest BCUT2D eigenvalue weighted by atomic mass is 28.4. The second-order valence-electron chi connectivity index (χ2n) is 7.25. The molecule has 0 heterocycles. The minimum Gasteiger partial charge on any atom is -0.416 e. The lowest BCUT2D eigenvalue weighted by atomic mass is 10.5. The summed E-state index contributed by atoms with van der Waals surface area (Å²) in [5.74, 6) is 0. The number of hydrogen-bond donors (Lipinski definition) is 0. The molecule has 146 valence electrons.